The van der Waals surface area contributed by atoms with Crippen LogP contribution in [0.4, 0.5) is 4.39 Å². The summed E-state index contributed by atoms with van der Waals surface area (Å²) in [6.45, 7) is 1.52. The molecular weight excluding hydrogens is 361 g/mol. The number of aromatic nitrogens is 3. The van der Waals surface area contributed by atoms with E-state index >= 15 is 0 Å². The maximum Gasteiger partial charge on any atom is 0.191 e. The van der Waals surface area contributed by atoms with Crippen molar-refractivity contribution in [1.82, 2.24) is 14.8 Å². The molecule has 1 aliphatic rings. The van der Waals surface area contributed by atoms with Gasteiger partial charge in [0.1, 0.15) is 5.82 Å². The van der Waals surface area contributed by atoms with Crippen molar-refractivity contribution in [2.75, 3.05) is 12.4 Å². The Bertz CT molecular complexity index is 861. The van der Waals surface area contributed by atoms with Crippen LogP contribution < -0.4 is 0 Å². The van der Waals surface area contributed by atoms with Gasteiger partial charge in [-0.15, -0.1) is 10.2 Å². The molecule has 0 aliphatic carbocycles. The summed E-state index contributed by atoms with van der Waals surface area (Å²) in [6.07, 6.45) is 3.76. The highest BCUT2D eigenvalue weighted by Gasteiger charge is 2.19. The first kappa shape index (κ1) is 18.2. The second-order valence-electron chi connectivity index (χ2n) is 6.68. The Balaban J connectivity index is 1.60. The number of nitrogens with zero attached hydrogens (tertiary/aromatic N) is 3. The van der Waals surface area contributed by atoms with Gasteiger partial charge in [0, 0.05) is 17.9 Å². The van der Waals surface area contributed by atoms with Crippen molar-refractivity contribution in [2.24, 2.45) is 0 Å². The van der Waals surface area contributed by atoms with Crippen molar-refractivity contribution in [3.8, 4) is 11.4 Å². The highest BCUT2D eigenvalue weighted by atomic mass is 32.2. The van der Waals surface area contributed by atoms with Crippen LogP contribution in [0.25, 0.3) is 11.4 Å². The van der Waals surface area contributed by atoms with E-state index in [-0.39, 0.29) is 11.9 Å². The fraction of sp³-hybridized carbons (Fsp3) is 0.333. The maximum atomic E-state index is 13.3. The highest BCUT2D eigenvalue weighted by Crippen LogP contribution is 2.27. The van der Waals surface area contributed by atoms with E-state index in [2.05, 4.69) is 26.9 Å². The second-order valence-corrected chi connectivity index (χ2v) is 7.67. The van der Waals surface area contributed by atoms with Gasteiger partial charge in [0.25, 0.3) is 0 Å². The minimum absolute atomic E-state index is 0.253. The van der Waals surface area contributed by atoms with E-state index in [1.54, 1.807) is 23.9 Å². The lowest BCUT2D eigenvalue weighted by Gasteiger charge is -2.22. The van der Waals surface area contributed by atoms with Crippen molar-refractivity contribution in [3.63, 3.8) is 0 Å². The van der Waals surface area contributed by atoms with Gasteiger partial charge in [-0.25, -0.2) is 4.39 Å². The molecule has 1 aliphatic heterocycles. The molecule has 4 nitrogen and oxygen atoms in total. The third-order valence-electron chi connectivity index (χ3n) is 4.68. The Morgan fingerprint density at radius 2 is 1.85 bits per heavy atom. The number of benzene rings is 2. The molecule has 2 aromatic carbocycles. The van der Waals surface area contributed by atoms with Crippen molar-refractivity contribution < 1.29 is 9.13 Å². The minimum Gasteiger partial charge on any atom is -0.377 e. The Morgan fingerprint density at radius 1 is 1.04 bits per heavy atom. The zero-order chi connectivity index (χ0) is 18.5. The summed E-state index contributed by atoms with van der Waals surface area (Å²) >= 11 is 1.68. The predicted molar refractivity (Wildman–Crippen MR) is 105 cm³/mol. The summed E-state index contributed by atoms with van der Waals surface area (Å²) in [5.41, 5.74) is 2.04. The first-order valence-electron chi connectivity index (χ1n) is 9.27. The topological polar surface area (TPSA) is 39.9 Å². The summed E-state index contributed by atoms with van der Waals surface area (Å²) in [5.74, 6) is 1.37. The molecule has 6 heteroatoms. The average Bonchev–Trinajstić information content (AvgIpc) is 3.11. The summed E-state index contributed by atoms with van der Waals surface area (Å²) < 4.78 is 21.3. The molecule has 1 atom stereocenters. The number of hydrogen-bond acceptors (Lipinski definition) is 4. The molecule has 140 valence electrons. The van der Waals surface area contributed by atoms with Crippen molar-refractivity contribution in [2.45, 2.75) is 37.1 Å². The van der Waals surface area contributed by atoms with Gasteiger partial charge in [-0.05, 0) is 49.1 Å². The van der Waals surface area contributed by atoms with E-state index in [4.69, 9.17) is 4.74 Å². The van der Waals surface area contributed by atoms with Crippen LogP contribution in [-0.4, -0.2) is 33.2 Å². The largest absolute Gasteiger partial charge is 0.377 e. The third-order valence-corrected chi connectivity index (χ3v) is 5.77. The van der Waals surface area contributed by atoms with Crippen LogP contribution in [0.3, 0.4) is 0 Å². The molecule has 27 heavy (non-hydrogen) atoms. The molecule has 1 aromatic heterocycles. The molecule has 0 N–H and O–H groups in total. The smallest absolute Gasteiger partial charge is 0.191 e. The number of ether oxygens (including phenoxy) is 1. The Kier molecular flexibility index (Phi) is 5.84. The monoisotopic (exact) mass is 383 g/mol. The first-order chi connectivity index (χ1) is 13.3. The molecule has 3 aromatic rings. The van der Waals surface area contributed by atoms with Crippen molar-refractivity contribution in [1.29, 1.82) is 0 Å². The predicted octanol–water partition coefficient (Wildman–Crippen LogP) is 4.79. The Hall–Kier alpha value is -2.18. The van der Waals surface area contributed by atoms with Crippen LogP contribution in [0.15, 0.2) is 59.8 Å². The van der Waals surface area contributed by atoms with Crippen molar-refractivity contribution >= 4 is 11.8 Å². The molecule has 0 unspecified atom stereocenters. The van der Waals surface area contributed by atoms with Crippen LogP contribution in [0.1, 0.15) is 24.8 Å². The number of thioether (sulfide) groups is 1. The van der Waals surface area contributed by atoms with Crippen LogP contribution in [-0.2, 0) is 11.3 Å². The summed E-state index contributed by atoms with van der Waals surface area (Å²) in [4.78, 5) is 0. The van der Waals surface area contributed by atoms with Gasteiger partial charge in [-0.2, -0.15) is 0 Å². The van der Waals surface area contributed by atoms with Gasteiger partial charge in [-0.1, -0.05) is 42.1 Å². The minimum atomic E-state index is -0.253. The van der Waals surface area contributed by atoms with E-state index in [0.717, 1.165) is 41.7 Å². The lowest BCUT2D eigenvalue weighted by atomic mass is 10.1. The first-order valence-corrected chi connectivity index (χ1v) is 10.3. The number of hydrogen-bond donors (Lipinski definition) is 0. The van der Waals surface area contributed by atoms with E-state index < -0.39 is 0 Å². The van der Waals surface area contributed by atoms with Crippen LogP contribution >= 0.6 is 11.8 Å². The van der Waals surface area contributed by atoms with Gasteiger partial charge in [0.15, 0.2) is 11.0 Å². The third kappa shape index (κ3) is 4.57. The molecule has 0 spiro atoms. The summed E-state index contributed by atoms with van der Waals surface area (Å²) in [7, 11) is 0. The van der Waals surface area contributed by atoms with Gasteiger partial charge in [0.05, 0.1) is 12.6 Å². The van der Waals surface area contributed by atoms with Crippen molar-refractivity contribution in [3.05, 3.63) is 66.0 Å². The van der Waals surface area contributed by atoms with E-state index in [1.807, 2.05) is 18.2 Å². The Labute approximate surface area is 162 Å². The summed E-state index contributed by atoms with van der Waals surface area (Å²) in [5, 5.41) is 9.69. The van der Waals surface area contributed by atoms with Crippen LogP contribution in [0.5, 0.6) is 0 Å². The standard InChI is InChI=1S/C21H22FN3OS/c22-18-11-9-17(10-12-18)20-23-24-21(27-15-19-8-4-5-13-26-19)25(20)14-16-6-2-1-3-7-16/h1-3,6-7,9-12,19H,4-5,8,13-15H2/t19-/m0/s1. The fourth-order valence-electron chi connectivity index (χ4n) is 3.22. The molecule has 0 saturated carbocycles. The molecular formula is C21H22FN3OS. The van der Waals surface area contributed by atoms with Crippen LogP contribution in [0.2, 0.25) is 0 Å². The normalized spacial score (nSPS) is 17.1. The van der Waals surface area contributed by atoms with Gasteiger partial charge in [0.2, 0.25) is 0 Å². The molecule has 1 fully saturated rings. The fourth-order valence-corrected chi connectivity index (χ4v) is 4.23. The quantitative estimate of drug-likeness (QED) is 0.574. The molecule has 1 saturated heterocycles. The zero-order valence-corrected chi connectivity index (χ0v) is 15.9. The average molecular weight is 383 g/mol. The van der Waals surface area contributed by atoms with Gasteiger partial charge in [-0.3, -0.25) is 4.57 Å². The molecule has 2 heterocycles. The van der Waals surface area contributed by atoms with E-state index in [9.17, 15) is 4.39 Å². The SMILES string of the molecule is Fc1ccc(-c2nnc(SC[C@@H]3CCCCO3)n2Cc2ccccc2)cc1. The number of rotatable bonds is 6. The zero-order valence-electron chi connectivity index (χ0n) is 15.1. The second kappa shape index (κ2) is 8.67. The molecule has 0 amide bonds. The number of halogens is 1. The lowest BCUT2D eigenvalue weighted by molar-refractivity contribution is 0.0315. The highest BCUT2D eigenvalue weighted by molar-refractivity contribution is 7.99. The maximum absolute atomic E-state index is 13.3. The van der Waals surface area contributed by atoms with E-state index in [0.29, 0.717) is 6.54 Å². The van der Waals surface area contributed by atoms with E-state index in [1.165, 1.54) is 24.1 Å². The Morgan fingerprint density at radius 3 is 2.59 bits per heavy atom. The lowest BCUT2D eigenvalue weighted by Crippen LogP contribution is -2.21. The van der Waals surface area contributed by atoms with Gasteiger partial charge >= 0.3 is 0 Å². The van der Waals surface area contributed by atoms with Crippen LogP contribution in [0, 0.1) is 5.82 Å². The molecule has 0 radical (unpaired) electrons. The molecule has 4 rings (SSSR count). The van der Waals surface area contributed by atoms with Gasteiger partial charge < -0.3 is 4.74 Å². The summed E-state index contributed by atoms with van der Waals surface area (Å²) in [6, 6.07) is 16.7. The molecule has 0 bridgehead atoms.